The van der Waals surface area contributed by atoms with E-state index in [1.165, 1.54) is 25.6 Å². The van der Waals surface area contributed by atoms with Gasteiger partial charge in [-0.15, -0.1) is 0 Å². The summed E-state index contributed by atoms with van der Waals surface area (Å²) in [6.07, 6.45) is 8.27. The summed E-state index contributed by atoms with van der Waals surface area (Å²) in [5.41, 5.74) is -1.25. The number of nitrogens with zero attached hydrogens (tertiary/aromatic N) is 2. The zero-order valence-electron chi connectivity index (χ0n) is 11.7. The van der Waals surface area contributed by atoms with Gasteiger partial charge in [-0.1, -0.05) is 0 Å². The second kappa shape index (κ2) is 4.29. The Morgan fingerprint density at radius 2 is 1.81 bits per heavy atom. The quantitative estimate of drug-likeness (QED) is 0.655. The van der Waals surface area contributed by atoms with Gasteiger partial charge in [-0.3, -0.25) is 14.9 Å². The minimum Gasteiger partial charge on any atom is -0.359 e. The van der Waals surface area contributed by atoms with Gasteiger partial charge in [0.05, 0.1) is 11.3 Å². The molecule has 1 heterocycles. The maximum absolute atomic E-state index is 11.7. The second-order valence-electron chi connectivity index (χ2n) is 7.01. The molecule has 5 rings (SSSR count). The molecule has 0 saturated heterocycles. The average molecular weight is 290 g/mol. The summed E-state index contributed by atoms with van der Waals surface area (Å²) in [5.74, 6) is 2.31. The highest BCUT2D eigenvalue weighted by atomic mass is 16.6. The van der Waals surface area contributed by atoms with E-state index in [2.05, 4.69) is 15.3 Å². The normalized spacial score (nSPS) is 36.7. The van der Waals surface area contributed by atoms with Crippen LogP contribution in [0.3, 0.4) is 0 Å². The predicted octanol–water partition coefficient (Wildman–Crippen LogP) is 2.06. The fourth-order valence-corrected chi connectivity index (χ4v) is 5.17. The average Bonchev–Trinajstić information content (AvgIpc) is 2.35. The molecule has 0 aromatic carbocycles. The Bertz CT molecular complexity index is 619. The minimum atomic E-state index is -0.692. The van der Waals surface area contributed by atoms with Crippen LogP contribution in [-0.4, -0.2) is 20.4 Å². The van der Waals surface area contributed by atoms with Gasteiger partial charge in [0, 0.05) is 5.54 Å². The maximum atomic E-state index is 11.7. The van der Waals surface area contributed by atoms with Crippen LogP contribution in [-0.2, 0) is 0 Å². The molecule has 1 aromatic heterocycles. The molecule has 7 heteroatoms. The molecule has 0 aliphatic heterocycles. The van der Waals surface area contributed by atoms with Crippen molar-refractivity contribution in [2.75, 3.05) is 5.32 Å². The predicted molar refractivity (Wildman–Crippen MR) is 76.0 cm³/mol. The third-order valence-electron chi connectivity index (χ3n) is 5.43. The van der Waals surface area contributed by atoms with Crippen molar-refractivity contribution in [1.29, 1.82) is 0 Å². The topological polar surface area (TPSA) is 101 Å². The van der Waals surface area contributed by atoms with Crippen molar-refractivity contribution >= 4 is 11.5 Å². The number of rotatable bonds is 3. The first-order valence-corrected chi connectivity index (χ1v) is 7.55. The highest BCUT2D eigenvalue weighted by Gasteiger charge is 2.51. The van der Waals surface area contributed by atoms with Crippen molar-refractivity contribution in [3.8, 4) is 0 Å². The lowest BCUT2D eigenvalue weighted by Gasteiger charge is -2.57. The van der Waals surface area contributed by atoms with Gasteiger partial charge >= 0.3 is 11.2 Å². The van der Waals surface area contributed by atoms with Gasteiger partial charge in [-0.2, -0.15) is 0 Å². The highest BCUT2D eigenvalue weighted by molar-refractivity contribution is 5.55. The van der Waals surface area contributed by atoms with Crippen LogP contribution in [0.15, 0.2) is 11.1 Å². The van der Waals surface area contributed by atoms with Gasteiger partial charge in [0.15, 0.2) is 0 Å². The Labute approximate surface area is 121 Å². The van der Waals surface area contributed by atoms with Gasteiger partial charge in [0.1, 0.15) is 0 Å². The molecular formula is C14H18N4O3. The van der Waals surface area contributed by atoms with Crippen LogP contribution in [0.2, 0.25) is 0 Å². The van der Waals surface area contributed by atoms with Gasteiger partial charge in [0.25, 0.3) is 0 Å². The molecule has 0 unspecified atom stereocenters. The lowest BCUT2D eigenvalue weighted by molar-refractivity contribution is -0.385. The molecule has 112 valence electrons. The van der Waals surface area contributed by atoms with Gasteiger partial charge < -0.3 is 10.3 Å². The number of hydrogen-bond donors (Lipinski definition) is 2. The largest absolute Gasteiger partial charge is 0.375 e. The lowest BCUT2D eigenvalue weighted by Crippen LogP contribution is -2.55. The number of H-pyrrole nitrogens is 1. The Kier molecular flexibility index (Phi) is 2.61. The van der Waals surface area contributed by atoms with Crippen molar-refractivity contribution in [2.45, 2.75) is 44.1 Å². The summed E-state index contributed by atoms with van der Waals surface area (Å²) in [6.45, 7) is 0. The number of nitrogens with one attached hydrogen (secondary N) is 2. The van der Waals surface area contributed by atoms with Crippen LogP contribution in [0.25, 0.3) is 0 Å². The van der Waals surface area contributed by atoms with Crippen LogP contribution in [0.5, 0.6) is 0 Å². The molecule has 4 bridgehead atoms. The first-order valence-electron chi connectivity index (χ1n) is 7.55. The van der Waals surface area contributed by atoms with Crippen molar-refractivity contribution in [2.24, 2.45) is 17.8 Å². The Morgan fingerprint density at radius 1 is 1.24 bits per heavy atom. The van der Waals surface area contributed by atoms with E-state index in [1.54, 1.807) is 0 Å². The SMILES string of the molecule is O=c1[nH]cnc(NC23CC4CC(CC(C4)C2)C3)c1[N+](=O)[O-]. The van der Waals surface area contributed by atoms with Crippen LogP contribution < -0.4 is 10.9 Å². The van der Waals surface area contributed by atoms with Crippen LogP contribution in [0.1, 0.15) is 38.5 Å². The minimum absolute atomic E-state index is 0.0969. The molecular weight excluding hydrogens is 272 g/mol. The lowest BCUT2D eigenvalue weighted by atomic mass is 9.53. The summed E-state index contributed by atoms with van der Waals surface area (Å²) in [6, 6.07) is 0. The molecule has 2 N–H and O–H groups in total. The van der Waals surface area contributed by atoms with Crippen molar-refractivity contribution in [3.63, 3.8) is 0 Å². The Balaban J connectivity index is 1.69. The molecule has 0 radical (unpaired) electrons. The fraction of sp³-hybridized carbons (Fsp3) is 0.714. The molecule has 0 spiro atoms. The third kappa shape index (κ3) is 2.02. The van der Waals surface area contributed by atoms with Gasteiger partial charge in [0.2, 0.25) is 5.82 Å². The van der Waals surface area contributed by atoms with Crippen molar-refractivity contribution in [1.82, 2.24) is 9.97 Å². The molecule has 0 amide bonds. The van der Waals surface area contributed by atoms with Crippen LogP contribution in [0, 0.1) is 27.9 Å². The maximum Gasteiger partial charge on any atom is 0.375 e. The zero-order valence-corrected chi connectivity index (χ0v) is 11.7. The van der Waals surface area contributed by atoms with E-state index < -0.39 is 16.2 Å². The summed E-state index contributed by atoms with van der Waals surface area (Å²) >= 11 is 0. The van der Waals surface area contributed by atoms with E-state index in [4.69, 9.17) is 0 Å². The van der Waals surface area contributed by atoms with E-state index in [1.807, 2.05) is 0 Å². The zero-order chi connectivity index (χ0) is 14.6. The van der Waals surface area contributed by atoms with Gasteiger partial charge in [-0.05, 0) is 56.3 Å². The summed E-state index contributed by atoms with van der Waals surface area (Å²) in [4.78, 5) is 28.5. The van der Waals surface area contributed by atoms with E-state index in [-0.39, 0.29) is 11.4 Å². The number of aromatic nitrogens is 2. The fourth-order valence-electron chi connectivity index (χ4n) is 5.17. The monoisotopic (exact) mass is 290 g/mol. The second-order valence-corrected chi connectivity index (χ2v) is 7.01. The van der Waals surface area contributed by atoms with Crippen molar-refractivity contribution < 1.29 is 4.92 Å². The third-order valence-corrected chi connectivity index (χ3v) is 5.43. The first-order chi connectivity index (χ1) is 10.0. The molecule has 1 aromatic rings. The number of hydrogen-bond acceptors (Lipinski definition) is 5. The molecule has 7 nitrogen and oxygen atoms in total. The standard InChI is InChI=1S/C14H18N4O3/c19-13-11(18(20)21)12(15-7-16-13)17-14-4-8-1-9(5-14)3-10(2-8)6-14/h7-10H,1-6H2,(H2,15,16,17,19). The summed E-state index contributed by atoms with van der Waals surface area (Å²) in [5, 5.41) is 14.4. The highest BCUT2D eigenvalue weighted by Crippen LogP contribution is 2.56. The van der Waals surface area contributed by atoms with Crippen LogP contribution in [0.4, 0.5) is 11.5 Å². The molecule has 21 heavy (non-hydrogen) atoms. The van der Waals surface area contributed by atoms with Crippen molar-refractivity contribution in [3.05, 3.63) is 26.8 Å². The van der Waals surface area contributed by atoms with E-state index in [9.17, 15) is 14.9 Å². The van der Waals surface area contributed by atoms with Gasteiger partial charge in [-0.25, -0.2) is 4.98 Å². The summed E-state index contributed by atoms with van der Waals surface area (Å²) in [7, 11) is 0. The number of aromatic amines is 1. The van der Waals surface area contributed by atoms with Crippen LogP contribution >= 0.6 is 0 Å². The van der Waals surface area contributed by atoms with E-state index >= 15 is 0 Å². The number of nitro groups is 1. The molecule has 4 aliphatic rings. The smallest absolute Gasteiger partial charge is 0.359 e. The molecule has 4 saturated carbocycles. The van der Waals surface area contributed by atoms with E-state index in [0.717, 1.165) is 37.0 Å². The molecule has 4 fully saturated rings. The van der Waals surface area contributed by atoms with E-state index in [0.29, 0.717) is 0 Å². The molecule has 4 aliphatic carbocycles. The first kappa shape index (κ1) is 12.8. The molecule has 0 atom stereocenters. The Morgan fingerprint density at radius 3 is 2.33 bits per heavy atom. The summed E-state index contributed by atoms with van der Waals surface area (Å²) < 4.78 is 0. The Hall–Kier alpha value is -1.92. The number of anilines is 1.